The lowest BCUT2D eigenvalue weighted by Crippen LogP contribution is -2.41. The van der Waals surface area contributed by atoms with Gasteiger partial charge in [-0.05, 0) is 51.3 Å². The van der Waals surface area contributed by atoms with Crippen molar-refractivity contribution >= 4 is 18.2 Å². The Kier molecular flexibility index (Phi) is 4.30. The minimum absolute atomic E-state index is 0.357. The van der Waals surface area contributed by atoms with E-state index in [0.29, 0.717) is 6.61 Å². The molecule has 0 radical (unpaired) electrons. The fraction of sp³-hybridized carbons (Fsp3) is 0.556. The lowest BCUT2D eigenvalue weighted by Gasteiger charge is -2.32. The Labute approximate surface area is 138 Å². The van der Waals surface area contributed by atoms with Crippen LogP contribution in [0.1, 0.15) is 39.7 Å². The van der Waals surface area contributed by atoms with Crippen LogP contribution >= 0.6 is 0 Å². The molecule has 1 aromatic carbocycles. The van der Waals surface area contributed by atoms with Crippen LogP contribution in [0, 0.1) is 0 Å². The van der Waals surface area contributed by atoms with Gasteiger partial charge < -0.3 is 18.8 Å². The Morgan fingerprint density at radius 3 is 2.35 bits per heavy atom. The average molecular weight is 316 g/mol. The highest BCUT2D eigenvalue weighted by Gasteiger charge is 2.52. The molecule has 0 saturated carbocycles. The quantitative estimate of drug-likeness (QED) is 0.804. The maximum atomic E-state index is 6.14. The van der Waals surface area contributed by atoms with Gasteiger partial charge in [-0.15, -0.1) is 0 Å². The van der Waals surface area contributed by atoms with E-state index in [1.54, 1.807) is 7.11 Å². The summed E-state index contributed by atoms with van der Waals surface area (Å²) in [7, 11) is 1.28. The summed E-state index contributed by atoms with van der Waals surface area (Å²) in [6.07, 6.45) is 3.06. The minimum atomic E-state index is -0.410. The molecule has 23 heavy (non-hydrogen) atoms. The van der Waals surface area contributed by atoms with E-state index in [1.165, 1.54) is 11.1 Å². The van der Waals surface area contributed by atoms with Gasteiger partial charge in [0.2, 0.25) is 0 Å². The minimum Gasteiger partial charge on any atom is -0.497 e. The predicted octanol–water partition coefficient (Wildman–Crippen LogP) is 2.80. The topological polar surface area (TPSA) is 36.9 Å². The molecular formula is C18H25BO4. The Balaban J connectivity index is 1.91. The van der Waals surface area contributed by atoms with Gasteiger partial charge in [0.05, 0.1) is 31.5 Å². The van der Waals surface area contributed by atoms with Crippen molar-refractivity contribution in [3.8, 4) is 5.75 Å². The number of methoxy groups -OCH3 is 1. The maximum absolute atomic E-state index is 6.14. The van der Waals surface area contributed by atoms with Crippen molar-refractivity contribution in [3.63, 3.8) is 0 Å². The van der Waals surface area contributed by atoms with E-state index in [-0.39, 0.29) is 11.2 Å². The van der Waals surface area contributed by atoms with Crippen LogP contribution in [-0.4, -0.2) is 38.6 Å². The molecule has 0 bridgehead atoms. The summed E-state index contributed by atoms with van der Waals surface area (Å²) in [6.45, 7) is 9.67. The Morgan fingerprint density at radius 2 is 1.78 bits per heavy atom. The third-order valence-electron chi connectivity index (χ3n) is 5.07. The molecule has 0 spiro atoms. The van der Waals surface area contributed by atoms with Crippen LogP contribution in [0.25, 0.3) is 5.57 Å². The lowest BCUT2D eigenvalue weighted by molar-refractivity contribution is 0.00578. The molecule has 4 nitrogen and oxygen atoms in total. The van der Waals surface area contributed by atoms with E-state index in [0.717, 1.165) is 24.2 Å². The third-order valence-corrected chi connectivity index (χ3v) is 5.07. The molecule has 1 aromatic rings. The van der Waals surface area contributed by atoms with Gasteiger partial charge >= 0.3 is 7.12 Å². The molecule has 0 aromatic heterocycles. The highest BCUT2D eigenvalue weighted by atomic mass is 16.7. The van der Waals surface area contributed by atoms with Crippen LogP contribution < -0.4 is 10.2 Å². The number of rotatable bonds is 3. The summed E-state index contributed by atoms with van der Waals surface area (Å²) in [4.78, 5) is 0. The van der Waals surface area contributed by atoms with Gasteiger partial charge in [-0.3, -0.25) is 0 Å². The molecule has 2 heterocycles. The highest BCUT2D eigenvalue weighted by Crippen LogP contribution is 2.37. The van der Waals surface area contributed by atoms with E-state index in [1.807, 2.05) is 6.07 Å². The van der Waals surface area contributed by atoms with Crippen molar-refractivity contribution in [1.82, 2.24) is 0 Å². The summed E-state index contributed by atoms with van der Waals surface area (Å²) in [5.74, 6) is 0.799. The van der Waals surface area contributed by atoms with E-state index >= 15 is 0 Å². The molecule has 0 atom stereocenters. The van der Waals surface area contributed by atoms with E-state index in [2.05, 4.69) is 45.9 Å². The third kappa shape index (κ3) is 3.05. The van der Waals surface area contributed by atoms with Crippen molar-refractivity contribution in [2.24, 2.45) is 0 Å². The first-order valence-electron chi connectivity index (χ1n) is 8.15. The summed E-state index contributed by atoms with van der Waals surface area (Å²) in [5, 5.41) is 0. The number of hydrogen-bond donors (Lipinski definition) is 0. The molecular weight excluding hydrogens is 291 g/mol. The number of benzene rings is 1. The second-order valence-electron chi connectivity index (χ2n) is 7.10. The zero-order valence-corrected chi connectivity index (χ0v) is 14.6. The SMILES string of the molecule is COc1cc(C2=CCOCC2)ccc1B1OC(C)(C)C(C)(C)O1. The smallest absolute Gasteiger partial charge is 0.497 e. The molecule has 5 heteroatoms. The summed E-state index contributed by atoms with van der Waals surface area (Å²) in [6, 6.07) is 6.23. The predicted molar refractivity (Wildman–Crippen MR) is 92.1 cm³/mol. The molecule has 0 N–H and O–H groups in total. The van der Waals surface area contributed by atoms with Crippen LogP contribution in [0.4, 0.5) is 0 Å². The van der Waals surface area contributed by atoms with Gasteiger partial charge in [-0.2, -0.15) is 0 Å². The van der Waals surface area contributed by atoms with Crippen LogP contribution in [0.15, 0.2) is 24.3 Å². The second kappa shape index (κ2) is 5.97. The van der Waals surface area contributed by atoms with Crippen LogP contribution in [0.3, 0.4) is 0 Å². The van der Waals surface area contributed by atoms with Crippen molar-refractivity contribution in [2.75, 3.05) is 20.3 Å². The van der Waals surface area contributed by atoms with Crippen molar-refractivity contribution in [2.45, 2.75) is 45.3 Å². The molecule has 0 aliphatic carbocycles. The monoisotopic (exact) mass is 316 g/mol. The van der Waals surface area contributed by atoms with E-state index in [4.69, 9.17) is 18.8 Å². The van der Waals surface area contributed by atoms with Gasteiger partial charge in [0.25, 0.3) is 0 Å². The van der Waals surface area contributed by atoms with Crippen LogP contribution in [0.5, 0.6) is 5.75 Å². The summed E-state index contributed by atoms with van der Waals surface area (Å²) in [5.41, 5.74) is 2.69. The molecule has 2 aliphatic heterocycles. The Morgan fingerprint density at radius 1 is 1.09 bits per heavy atom. The van der Waals surface area contributed by atoms with Gasteiger partial charge in [0, 0.05) is 5.46 Å². The Bertz CT molecular complexity index is 605. The molecule has 124 valence electrons. The van der Waals surface area contributed by atoms with Crippen LogP contribution in [-0.2, 0) is 14.0 Å². The normalized spacial score (nSPS) is 22.8. The van der Waals surface area contributed by atoms with Gasteiger partial charge in [-0.25, -0.2) is 0 Å². The molecule has 3 rings (SSSR count). The van der Waals surface area contributed by atoms with Crippen LogP contribution in [0.2, 0.25) is 0 Å². The zero-order chi connectivity index (χ0) is 16.7. The molecule has 0 amide bonds. The maximum Gasteiger partial charge on any atom is 0.498 e. The zero-order valence-electron chi connectivity index (χ0n) is 14.6. The van der Waals surface area contributed by atoms with Gasteiger partial charge in [-0.1, -0.05) is 18.2 Å². The van der Waals surface area contributed by atoms with Crippen molar-refractivity contribution in [3.05, 3.63) is 29.8 Å². The first kappa shape index (κ1) is 16.6. The summed E-state index contributed by atoms with van der Waals surface area (Å²) < 4.78 is 23.3. The average Bonchev–Trinajstić information content (AvgIpc) is 2.75. The molecule has 2 aliphatic rings. The number of ether oxygens (including phenoxy) is 2. The van der Waals surface area contributed by atoms with Crippen molar-refractivity contribution < 1.29 is 18.8 Å². The van der Waals surface area contributed by atoms with Gasteiger partial charge in [0.15, 0.2) is 0 Å². The van der Waals surface area contributed by atoms with E-state index < -0.39 is 7.12 Å². The standard InChI is InChI=1S/C18H25BO4/c1-17(2)18(3,4)23-19(22-17)15-7-6-14(12-16(15)20-5)13-8-10-21-11-9-13/h6-8,12H,9-11H2,1-5H3. The fourth-order valence-corrected chi connectivity index (χ4v) is 2.86. The molecule has 0 unspecified atom stereocenters. The fourth-order valence-electron chi connectivity index (χ4n) is 2.86. The lowest BCUT2D eigenvalue weighted by atomic mass is 9.77. The largest absolute Gasteiger partial charge is 0.498 e. The molecule has 1 saturated heterocycles. The highest BCUT2D eigenvalue weighted by molar-refractivity contribution is 6.63. The number of hydrogen-bond acceptors (Lipinski definition) is 4. The first-order chi connectivity index (χ1) is 10.8. The van der Waals surface area contributed by atoms with E-state index in [9.17, 15) is 0 Å². The molecule has 1 fully saturated rings. The Hall–Kier alpha value is -1.30. The second-order valence-corrected chi connectivity index (χ2v) is 7.10. The van der Waals surface area contributed by atoms with Crippen molar-refractivity contribution in [1.29, 1.82) is 0 Å². The summed E-state index contributed by atoms with van der Waals surface area (Å²) >= 11 is 0. The van der Waals surface area contributed by atoms with Gasteiger partial charge in [0.1, 0.15) is 5.75 Å². The first-order valence-corrected chi connectivity index (χ1v) is 8.15.